The highest BCUT2D eigenvalue weighted by Gasteiger charge is 2.70. The Morgan fingerprint density at radius 3 is 3.00 bits per heavy atom. The lowest BCUT2D eigenvalue weighted by Gasteiger charge is -2.56. The number of hydrogen-bond acceptors (Lipinski definition) is 2. The lowest BCUT2D eigenvalue weighted by molar-refractivity contribution is -0.925. The number of rotatable bonds is 1. The minimum Gasteiger partial charge on any atom is -0.396 e. The Morgan fingerprint density at radius 1 is 1.39 bits per heavy atom. The van der Waals surface area contributed by atoms with E-state index in [1.165, 1.54) is 41.7 Å². The predicted molar refractivity (Wildman–Crippen MR) is 92.3 cm³/mol. The van der Waals surface area contributed by atoms with Crippen LogP contribution in [0.2, 0.25) is 0 Å². The van der Waals surface area contributed by atoms with Crippen molar-refractivity contribution in [2.45, 2.75) is 37.3 Å². The molecule has 23 heavy (non-hydrogen) atoms. The van der Waals surface area contributed by atoms with Crippen LogP contribution in [0.3, 0.4) is 0 Å². The van der Waals surface area contributed by atoms with Gasteiger partial charge in [-0.3, -0.25) is 0 Å². The molecule has 3 nitrogen and oxygen atoms in total. The summed E-state index contributed by atoms with van der Waals surface area (Å²) in [5.74, 6) is 0.899. The van der Waals surface area contributed by atoms with Crippen LogP contribution in [-0.4, -0.2) is 48.4 Å². The maximum atomic E-state index is 10.3. The predicted octanol–water partition coefficient (Wildman–Crippen LogP) is 2.53. The molecule has 1 spiro atoms. The first kappa shape index (κ1) is 14.1. The Labute approximate surface area is 138 Å². The number of likely N-dealkylation sites (N-methyl/N-ethyl adjacent to an activating group) is 1. The Morgan fingerprint density at radius 2 is 2.22 bits per heavy atom. The van der Waals surface area contributed by atoms with Gasteiger partial charge in [0.1, 0.15) is 12.6 Å². The van der Waals surface area contributed by atoms with E-state index in [-0.39, 0.29) is 5.41 Å². The lowest BCUT2D eigenvalue weighted by atomic mass is 9.55. The minimum atomic E-state index is 0.231. The zero-order chi connectivity index (χ0) is 15.8. The summed E-state index contributed by atoms with van der Waals surface area (Å²) >= 11 is 0. The molecule has 2 saturated heterocycles. The molecule has 4 aliphatic rings. The molecule has 1 aromatic carbocycles. The molecule has 3 heterocycles. The van der Waals surface area contributed by atoms with E-state index in [2.05, 4.69) is 49.6 Å². The third-order valence-corrected chi connectivity index (χ3v) is 7.70. The van der Waals surface area contributed by atoms with Crippen LogP contribution in [0.5, 0.6) is 0 Å². The Bertz CT molecular complexity index is 699. The molecule has 2 N–H and O–H groups in total. The van der Waals surface area contributed by atoms with E-state index in [9.17, 15) is 5.11 Å². The van der Waals surface area contributed by atoms with E-state index in [0.717, 1.165) is 0 Å². The number of anilines is 1. The first-order chi connectivity index (χ1) is 11.1. The maximum Gasteiger partial charge on any atom is 0.102 e. The number of hydrogen-bond donors (Lipinski definition) is 2. The van der Waals surface area contributed by atoms with Gasteiger partial charge in [0.05, 0.1) is 19.0 Å². The van der Waals surface area contributed by atoms with Crippen LogP contribution in [0.1, 0.15) is 25.3 Å². The van der Waals surface area contributed by atoms with Crippen molar-refractivity contribution >= 4 is 5.69 Å². The second kappa shape index (κ2) is 4.40. The molecular weight excluding hydrogens is 284 g/mol. The van der Waals surface area contributed by atoms with Crippen LogP contribution >= 0.6 is 0 Å². The van der Waals surface area contributed by atoms with Crippen LogP contribution in [-0.2, 0) is 5.41 Å². The Balaban J connectivity index is 1.74. The first-order valence-electron chi connectivity index (χ1n) is 9.10. The quantitative estimate of drug-likeness (QED) is 0.617. The zero-order valence-corrected chi connectivity index (χ0v) is 14.1. The van der Waals surface area contributed by atoms with Gasteiger partial charge < -0.3 is 14.9 Å². The van der Waals surface area contributed by atoms with Gasteiger partial charge in [0.15, 0.2) is 0 Å². The largest absolute Gasteiger partial charge is 0.396 e. The smallest absolute Gasteiger partial charge is 0.102 e. The molecule has 3 heteroatoms. The van der Waals surface area contributed by atoms with Crippen molar-refractivity contribution in [2.75, 3.05) is 32.1 Å². The van der Waals surface area contributed by atoms with Gasteiger partial charge in [-0.15, -0.1) is 0 Å². The highest BCUT2D eigenvalue weighted by molar-refractivity contribution is 5.64. The summed E-state index contributed by atoms with van der Waals surface area (Å²) in [6, 6.07) is 10.0. The number of benzene rings is 1. The molecule has 3 fully saturated rings. The van der Waals surface area contributed by atoms with Crippen molar-refractivity contribution in [1.82, 2.24) is 0 Å². The van der Waals surface area contributed by atoms with E-state index >= 15 is 0 Å². The molecule has 1 aliphatic carbocycles. The molecule has 6 unspecified atom stereocenters. The van der Waals surface area contributed by atoms with Gasteiger partial charge in [-0.25, -0.2) is 0 Å². The van der Waals surface area contributed by atoms with Crippen molar-refractivity contribution in [3.8, 4) is 0 Å². The minimum absolute atomic E-state index is 0.231. The third kappa shape index (κ3) is 1.49. The van der Waals surface area contributed by atoms with Crippen LogP contribution in [0.15, 0.2) is 35.9 Å². The second-order valence-electron chi connectivity index (χ2n) is 8.39. The average Bonchev–Trinajstić information content (AvgIpc) is 3.08. The van der Waals surface area contributed by atoms with Gasteiger partial charge in [0.2, 0.25) is 0 Å². The highest BCUT2D eigenvalue weighted by atomic mass is 16.3. The lowest BCUT2D eigenvalue weighted by Crippen LogP contribution is -2.67. The fourth-order valence-corrected chi connectivity index (χ4v) is 6.76. The summed E-state index contributed by atoms with van der Waals surface area (Å²) in [7, 11) is 2.47. The second-order valence-corrected chi connectivity index (χ2v) is 8.39. The van der Waals surface area contributed by atoms with Gasteiger partial charge in [-0.1, -0.05) is 24.3 Å². The Kier molecular flexibility index (Phi) is 2.69. The van der Waals surface area contributed by atoms with E-state index in [0.29, 0.717) is 30.5 Å². The van der Waals surface area contributed by atoms with Crippen LogP contribution in [0, 0.1) is 11.8 Å². The molecule has 6 atom stereocenters. The van der Waals surface area contributed by atoms with Gasteiger partial charge >= 0.3 is 0 Å². The van der Waals surface area contributed by atoms with Crippen molar-refractivity contribution in [1.29, 1.82) is 0 Å². The van der Waals surface area contributed by atoms with Crippen molar-refractivity contribution in [2.24, 2.45) is 11.8 Å². The van der Waals surface area contributed by atoms with Gasteiger partial charge in [0.25, 0.3) is 0 Å². The molecule has 5 rings (SSSR count). The van der Waals surface area contributed by atoms with Crippen molar-refractivity contribution in [3.63, 3.8) is 0 Å². The van der Waals surface area contributed by atoms with Crippen molar-refractivity contribution < 1.29 is 9.59 Å². The number of aliphatic hydroxyl groups excluding tert-OH is 1. The molecule has 2 bridgehead atoms. The molecule has 3 aliphatic heterocycles. The van der Waals surface area contributed by atoms with Gasteiger partial charge in [-0.2, -0.15) is 0 Å². The van der Waals surface area contributed by atoms with Gasteiger partial charge in [0, 0.05) is 37.1 Å². The monoisotopic (exact) mass is 311 g/mol. The summed E-state index contributed by atoms with van der Waals surface area (Å²) in [6.07, 6.45) is 4.83. The number of nitrogens with one attached hydrogen (secondary N) is 1. The standard InChI is InChI=1S/C20H27N2O/c1-3-13-11-22(2)9-8-20-16-6-4-5-7-17(16)21-19(20)15(12-23)14(13)10-18(20)22/h3-7,14-15,18-19,21,23H,8-12H2,1-2H3/q+1. The number of allylic oxidation sites excluding steroid dienone is 1. The molecule has 0 amide bonds. The SMILES string of the molecule is CC=C1C[N+]2(C)CCC34c5ccccc5NC3C(CO)C1CC42. The van der Waals surface area contributed by atoms with E-state index in [1.807, 2.05) is 0 Å². The molecular formula is C20H27N2O+. The molecule has 122 valence electrons. The van der Waals surface area contributed by atoms with E-state index < -0.39 is 0 Å². The molecule has 1 aromatic rings. The summed E-state index contributed by atoms with van der Waals surface area (Å²) < 4.78 is 1.20. The summed E-state index contributed by atoms with van der Waals surface area (Å²) in [6.45, 7) is 4.93. The summed E-state index contributed by atoms with van der Waals surface area (Å²) in [5.41, 5.74) is 4.65. The first-order valence-corrected chi connectivity index (χ1v) is 9.10. The molecule has 0 radical (unpaired) electrons. The van der Waals surface area contributed by atoms with E-state index in [4.69, 9.17) is 0 Å². The highest BCUT2D eigenvalue weighted by Crippen LogP contribution is 2.62. The fourth-order valence-electron chi connectivity index (χ4n) is 6.76. The third-order valence-electron chi connectivity index (χ3n) is 7.70. The number of nitrogens with zero attached hydrogens (tertiary/aromatic N) is 1. The van der Waals surface area contributed by atoms with Gasteiger partial charge in [-0.05, 0) is 30.0 Å². The van der Waals surface area contributed by atoms with Crippen molar-refractivity contribution in [3.05, 3.63) is 41.5 Å². The van der Waals surface area contributed by atoms with E-state index in [1.54, 1.807) is 5.57 Å². The van der Waals surface area contributed by atoms with Crippen LogP contribution < -0.4 is 5.32 Å². The number of fused-ring (bicyclic) bond motifs is 2. The number of para-hydroxylation sites is 1. The molecule has 1 saturated carbocycles. The topological polar surface area (TPSA) is 32.3 Å². The zero-order valence-electron chi connectivity index (χ0n) is 14.1. The van der Waals surface area contributed by atoms with Crippen LogP contribution in [0.25, 0.3) is 0 Å². The number of quaternary nitrogens is 1. The van der Waals surface area contributed by atoms with Crippen LogP contribution in [0.4, 0.5) is 5.69 Å². The molecule has 0 aromatic heterocycles. The number of aliphatic hydroxyl groups is 1. The fraction of sp³-hybridized carbons (Fsp3) is 0.600. The summed E-state index contributed by atoms with van der Waals surface area (Å²) in [4.78, 5) is 0. The number of piperidine rings is 1. The summed E-state index contributed by atoms with van der Waals surface area (Å²) in [5, 5.41) is 14.1. The maximum absolute atomic E-state index is 10.3. The normalized spacial score (nSPS) is 48.0. The Hall–Kier alpha value is -1.32. The average molecular weight is 311 g/mol.